The number of carbonyl (C=O) groups is 1. The first-order valence-corrected chi connectivity index (χ1v) is 6.82. The predicted molar refractivity (Wildman–Crippen MR) is 80.8 cm³/mol. The van der Waals surface area contributed by atoms with Gasteiger partial charge >= 0.3 is 0 Å². The van der Waals surface area contributed by atoms with Crippen LogP contribution in [-0.4, -0.2) is 17.4 Å². The number of primary amides is 1. The zero-order valence-electron chi connectivity index (χ0n) is 11.5. The summed E-state index contributed by atoms with van der Waals surface area (Å²) in [5.41, 5.74) is 7.75. The summed E-state index contributed by atoms with van der Waals surface area (Å²) >= 11 is 0. The van der Waals surface area contributed by atoms with Crippen molar-refractivity contribution in [2.24, 2.45) is 5.73 Å². The van der Waals surface area contributed by atoms with E-state index in [2.05, 4.69) is 29.2 Å². The Hall–Kier alpha value is -2.13. The summed E-state index contributed by atoms with van der Waals surface area (Å²) in [6.45, 7) is 2.32. The molecule has 3 heteroatoms. The highest BCUT2D eigenvalue weighted by molar-refractivity contribution is 5.73. The Morgan fingerprint density at radius 1 is 0.850 bits per heavy atom. The van der Waals surface area contributed by atoms with Gasteiger partial charge in [0.2, 0.25) is 5.91 Å². The maximum atomic E-state index is 11.0. The third-order valence-electron chi connectivity index (χ3n) is 3.17. The van der Waals surface area contributed by atoms with E-state index in [1.807, 2.05) is 36.4 Å². The van der Waals surface area contributed by atoms with Crippen molar-refractivity contribution in [3.8, 4) is 0 Å². The number of rotatable bonds is 7. The van der Waals surface area contributed by atoms with E-state index in [1.165, 1.54) is 11.1 Å². The van der Waals surface area contributed by atoms with Crippen molar-refractivity contribution in [1.29, 1.82) is 0 Å². The minimum atomic E-state index is -0.254. The minimum absolute atomic E-state index is 0.254. The maximum Gasteiger partial charge on any atom is 0.218 e. The highest BCUT2D eigenvalue weighted by Gasteiger charge is 2.08. The highest BCUT2D eigenvalue weighted by Crippen LogP contribution is 2.10. The fourth-order valence-corrected chi connectivity index (χ4v) is 2.17. The van der Waals surface area contributed by atoms with Gasteiger partial charge in [0.25, 0.3) is 0 Å². The molecule has 104 valence electrons. The van der Waals surface area contributed by atoms with Crippen LogP contribution in [-0.2, 0) is 17.9 Å². The zero-order chi connectivity index (χ0) is 14.2. The molecule has 0 aliphatic carbocycles. The van der Waals surface area contributed by atoms with Crippen molar-refractivity contribution in [3.05, 3.63) is 71.8 Å². The van der Waals surface area contributed by atoms with Crippen LogP contribution in [0.15, 0.2) is 60.7 Å². The molecule has 2 rings (SSSR count). The van der Waals surface area contributed by atoms with Gasteiger partial charge in [0, 0.05) is 26.1 Å². The van der Waals surface area contributed by atoms with Gasteiger partial charge < -0.3 is 5.73 Å². The Labute approximate surface area is 120 Å². The topological polar surface area (TPSA) is 46.3 Å². The van der Waals surface area contributed by atoms with Gasteiger partial charge in [-0.1, -0.05) is 60.7 Å². The van der Waals surface area contributed by atoms with E-state index in [0.717, 1.165) is 13.1 Å². The van der Waals surface area contributed by atoms with Crippen molar-refractivity contribution in [1.82, 2.24) is 4.90 Å². The van der Waals surface area contributed by atoms with Crippen molar-refractivity contribution in [3.63, 3.8) is 0 Å². The van der Waals surface area contributed by atoms with E-state index in [9.17, 15) is 4.79 Å². The van der Waals surface area contributed by atoms with Gasteiger partial charge in [0.05, 0.1) is 0 Å². The summed E-state index contributed by atoms with van der Waals surface area (Å²) in [7, 11) is 0. The molecule has 0 unspecified atom stereocenters. The second-order valence-electron chi connectivity index (χ2n) is 4.90. The van der Waals surface area contributed by atoms with Gasteiger partial charge in [-0.05, 0) is 11.1 Å². The molecular weight excluding hydrogens is 248 g/mol. The van der Waals surface area contributed by atoms with Crippen LogP contribution in [0.4, 0.5) is 0 Å². The van der Waals surface area contributed by atoms with Crippen molar-refractivity contribution in [2.75, 3.05) is 6.54 Å². The third-order valence-corrected chi connectivity index (χ3v) is 3.17. The van der Waals surface area contributed by atoms with E-state index < -0.39 is 0 Å². The predicted octanol–water partition coefficient (Wildman–Crippen LogP) is 2.56. The van der Waals surface area contributed by atoms with Gasteiger partial charge in [-0.2, -0.15) is 0 Å². The Morgan fingerprint density at radius 2 is 1.30 bits per heavy atom. The van der Waals surface area contributed by atoms with Crippen LogP contribution in [0.1, 0.15) is 17.5 Å². The van der Waals surface area contributed by atoms with E-state index >= 15 is 0 Å². The molecule has 0 saturated carbocycles. The molecule has 0 bridgehead atoms. The molecular formula is C17H20N2O. The lowest BCUT2D eigenvalue weighted by Gasteiger charge is -2.22. The molecule has 0 spiro atoms. The second-order valence-corrected chi connectivity index (χ2v) is 4.90. The lowest BCUT2D eigenvalue weighted by Crippen LogP contribution is -2.27. The Morgan fingerprint density at radius 3 is 1.70 bits per heavy atom. The summed E-state index contributed by atoms with van der Waals surface area (Å²) in [5, 5.41) is 0. The van der Waals surface area contributed by atoms with Gasteiger partial charge in [-0.15, -0.1) is 0 Å². The summed E-state index contributed by atoms with van der Waals surface area (Å²) in [5.74, 6) is -0.254. The molecule has 0 saturated heterocycles. The lowest BCUT2D eigenvalue weighted by atomic mass is 10.1. The summed E-state index contributed by atoms with van der Waals surface area (Å²) in [6.07, 6.45) is 0.389. The fraction of sp³-hybridized carbons (Fsp3) is 0.235. The summed E-state index contributed by atoms with van der Waals surface area (Å²) in [4.78, 5) is 13.2. The molecule has 2 aromatic rings. The second kappa shape index (κ2) is 7.46. The van der Waals surface area contributed by atoms with Crippen LogP contribution in [0.5, 0.6) is 0 Å². The highest BCUT2D eigenvalue weighted by atomic mass is 16.1. The molecule has 0 aromatic heterocycles. The molecule has 20 heavy (non-hydrogen) atoms. The van der Waals surface area contributed by atoms with Crippen molar-refractivity contribution >= 4 is 5.91 Å². The third kappa shape index (κ3) is 4.86. The molecule has 0 fully saturated rings. The number of carbonyl (C=O) groups excluding carboxylic acids is 1. The van der Waals surface area contributed by atoms with Gasteiger partial charge in [-0.3, -0.25) is 9.69 Å². The van der Waals surface area contributed by atoms with Crippen LogP contribution in [0.3, 0.4) is 0 Å². The van der Waals surface area contributed by atoms with Crippen LogP contribution >= 0.6 is 0 Å². The largest absolute Gasteiger partial charge is 0.370 e. The number of benzene rings is 2. The number of nitrogens with zero attached hydrogens (tertiary/aromatic N) is 1. The number of hydrogen-bond donors (Lipinski definition) is 1. The number of hydrogen-bond acceptors (Lipinski definition) is 2. The number of nitrogens with two attached hydrogens (primary N) is 1. The van der Waals surface area contributed by atoms with E-state index in [1.54, 1.807) is 0 Å². The molecule has 2 aromatic carbocycles. The average molecular weight is 268 g/mol. The quantitative estimate of drug-likeness (QED) is 0.839. The van der Waals surface area contributed by atoms with Gasteiger partial charge in [0.15, 0.2) is 0 Å². The number of amides is 1. The monoisotopic (exact) mass is 268 g/mol. The molecule has 1 amide bonds. The summed E-state index contributed by atoms with van der Waals surface area (Å²) in [6, 6.07) is 20.5. The minimum Gasteiger partial charge on any atom is -0.370 e. The molecule has 2 N–H and O–H groups in total. The van der Waals surface area contributed by atoms with Crippen LogP contribution < -0.4 is 5.73 Å². The first-order chi connectivity index (χ1) is 9.74. The fourth-order valence-electron chi connectivity index (χ4n) is 2.17. The van der Waals surface area contributed by atoms with Crippen LogP contribution in [0.2, 0.25) is 0 Å². The molecule has 0 aliphatic rings. The molecule has 3 nitrogen and oxygen atoms in total. The van der Waals surface area contributed by atoms with Crippen molar-refractivity contribution in [2.45, 2.75) is 19.5 Å². The Balaban J connectivity index is 2.02. The average Bonchev–Trinajstić information content (AvgIpc) is 2.47. The Bertz CT molecular complexity index is 484. The zero-order valence-corrected chi connectivity index (χ0v) is 11.5. The molecule has 0 radical (unpaired) electrons. The van der Waals surface area contributed by atoms with Gasteiger partial charge in [-0.25, -0.2) is 0 Å². The van der Waals surface area contributed by atoms with E-state index in [-0.39, 0.29) is 5.91 Å². The first kappa shape index (κ1) is 14.3. The Kier molecular flexibility index (Phi) is 5.33. The van der Waals surface area contributed by atoms with E-state index in [0.29, 0.717) is 13.0 Å². The van der Waals surface area contributed by atoms with Crippen molar-refractivity contribution < 1.29 is 4.79 Å². The smallest absolute Gasteiger partial charge is 0.218 e. The van der Waals surface area contributed by atoms with Crippen LogP contribution in [0, 0.1) is 0 Å². The lowest BCUT2D eigenvalue weighted by molar-refractivity contribution is -0.118. The molecule has 0 aliphatic heterocycles. The van der Waals surface area contributed by atoms with Crippen LogP contribution in [0.25, 0.3) is 0 Å². The van der Waals surface area contributed by atoms with Gasteiger partial charge in [0.1, 0.15) is 0 Å². The maximum absolute atomic E-state index is 11.0. The summed E-state index contributed by atoms with van der Waals surface area (Å²) < 4.78 is 0. The molecule has 0 atom stereocenters. The standard InChI is InChI=1S/C17H20N2O/c18-17(20)11-12-19(13-15-7-3-1-4-8-15)14-16-9-5-2-6-10-16/h1-10H,11-14H2,(H2,18,20). The van der Waals surface area contributed by atoms with E-state index in [4.69, 9.17) is 5.73 Å². The molecule has 0 heterocycles. The first-order valence-electron chi connectivity index (χ1n) is 6.82. The normalized spacial score (nSPS) is 10.7. The SMILES string of the molecule is NC(=O)CCN(Cc1ccccc1)Cc1ccccc1.